The Kier molecular flexibility index (Phi) is 55.2. The standard InChI is InChI=1S/C67H126N2O15/c1-11-13-15-17-19-21-23-25-27-29-31-33-35-37-39-41-45-78-58-61(80-46-42-40-38-36-34-32-30-28-26-24-22-20-18-16-14-12-2)59-79-54-53-76-50-49-75-51-52-77-55-56-81-62(70)57-68(64(72)83-66(4,5)6)43-48-82-63(71)60(3)69(44-47-74-10)65(73)84-67(7,8)9/h25-28,60-61H,11-24,29-59H2,1-10H3/b27-25-,28-26-. The van der Waals surface area contributed by atoms with Gasteiger partial charge in [0.15, 0.2) is 0 Å². The number of nitrogens with zero attached hydrogens (tertiary/aromatic N) is 2. The van der Waals surface area contributed by atoms with Gasteiger partial charge in [-0.3, -0.25) is 14.6 Å². The number of carbonyl (C=O) groups is 4. The van der Waals surface area contributed by atoms with Crippen LogP contribution in [0.15, 0.2) is 24.3 Å². The third kappa shape index (κ3) is 55.3. The minimum atomic E-state index is -1.01. The third-order valence-electron chi connectivity index (χ3n) is 13.6. The molecule has 0 saturated carbocycles. The van der Waals surface area contributed by atoms with E-state index in [4.69, 9.17) is 52.1 Å². The molecule has 0 aliphatic rings. The Labute approximate surface area is 512 Å². The molecular weight excluding hydrogens is 1070 g/mol. The summed E-state index contributed by atoms with van der Waals surface area (Å²) < 4.78 is 62.1. The van der Waals surface area contributed by atoms with Gasteiger partial charge in [-0.15, -0.1) is 0 Å². The van der Waals surface area contributed by atoms with E-state index in [0.717, 1.165) is 24.3 Å². The highest BCUT2D eigenvalue weighted by Gasteiger charge is 2.31. The minimum Gasteiger partial charge on any atom is -0.462 e. The molecule has 2 amide bonds. The van der Waals surface area contributed by atoms with Crippen LogP contribution in [0.4, 0.5) is 9.59 Å². The van der Waals surface area contributed by atoms with Gasteiger partial charge in [-0.05, 0) is 113 Å². The number of carbonyl (C=O) groups excluding carboxylic acids is 4. The van der Waals surface area contributed by atoms with Crippen LogP contribution in [0.2, 0.25) is 0 Å². The molecular formula is C67H126N2O15. The predicted molar refractivity (Wildman–Crippen MR) is 337 cm³/mol. The molecule has 494 valence electrons. The first-order valence-corrected chi connectivity index (χ1v) is 33.1. The Balaban J connectivity index is 4.55. The van der Waals surface area contributed by atoms with Gasteiger partial charge >= 0.3 is 24.1 Å². The normalized spacial score (nSPS) is 12.7. The SMILES string of the molecule is CCCCCCCC/C=C\CCCCCCCCOCC(COCCOCCOCCOCCOC(=O)CN(CCOC(=O)C(C)N(CCOC)C(=O)OC(C)(C)C)C(=O)OC(C)(C)C)OCCCCCCCC/C=C\CCCCCCCC. The Bertz CT molecular complexity index is 1580. The van der Waals surface area contributed by atoms with Crippen molar-refractivity contribution in [3.8, 4) is 0 Å². The second kappa shape index (κ2) is 57.4. The van der Waals surface area contributed by atoms with E-state index in [0.29, 0.717) is 52.9 Å². The van der Waals surface area contributed by atoms with Gasteiger partial charge in [0.05, 0.1) is 72.6 Å². The molecule has 0 aromatic rings. The number of hydrogen-bond donors (Lipinski definition) is 0. The van der Waals surface area contributed by atoms with Gasteiger partial charge in [-0.25, -0.2) is 14.4 Å². The molecule has 0 aromatic heterocycles. The number of methoxy groups -OCH3 is 1. The summed E-state index contributed by atoms with van der Waals surface area (Å²) in [4.78, 5) is 53.9. The molecule has 0 radical (unpaired) electrons. The van der Waals surface area contributed by atoms with Gasteiger partial charge in [0.25, 0.3) is 0 Å². The smallest absolute Gasteiger partial charge is 0.411 e. The second-order valence-electron chi connectivity index (χ2n) is 24.0. The predicted octanol–water partition coefficient (Wildman–Crippen LogP) is 15.1. The zero-order chi connectivity index (χ0) is 62.0. The van der Waals surface area contributed by atoms with Crippen molar-refractivity contribution in [2.45, 2.75) is 265 Å². The van der Waals surface area contributed by atoms with E-state index >= 15 is 0 Å². The molecule has 17 heteroatoms. The van der Waals surface area contributed by atoms with Crippen LogP contribution in [-0.2, 0) is 61.7 Å². The first-order chi connectivity index (χ1) is 40.5. The van der Waals surface area contributed by atoms with Crippen molar-refractivity contribution in [1.82, 2.24) is 9.80 Å². The minimum absolute atomic E-state index is 0.0491. The van der Waals surface area contributed by atoms with Crippen LogP contribution in [0.5, 0.6) is 0 Å². The molecule has 0 spiro atoms. The molecule has 2 atom stereocenters. The second-order valence-corrected chi connectivity index (χ2v) is 24.0. The van der Waals surface area contributed by atoms with E-state index < -0.39 is 47.9 Å². The number of hydrogen-bond acceptors (Lipinski definition) is 15. The van der Waals surface area contributed by atoms with Crippen LogP contribution in [0.1, 0.15) is 242 Å². The molecule has 0 saturated heterocycles. The Hall–Kier alpha value is -3.32. The zero-order valence-corrected chi connectivity index (χ0v) is 55.3. The summed E-state index contributed by atoms with van der Waals surface area (Å²) in [6, 6.07) is -1.01. The van der Waals surface area contributed by atoms with Crippen molar-refractivity contribution in [3.05, 3.63) is 24.3 Å². The average molecular weight is 1200 g/mol. The van der Waals surface area contributed by atoms with Crippen LogP contribution < -0.4 is 0 Å². The van der Waals surface area contributed by atoms with Crippen molar-refractivity contribution >= 4 is 24.1 Å². The Morgan fingerprint density at radius 2 is 0.810 bits per heavy atom. The molecule has 0 rings (SSSR count). The summed E-state index contributed by atoms with van der Waals surface area (Å²) in [7, 11) is 1.48. The number of rotatable bonds is 59. The van der Waals surface area contributed by atoms with Crippen LogP contribution in [0.3, 0.4) is 0 Å². The lowest BCUT2D eigenvalue weighted by Crippen LogP contribution is -2.48. The number of allylic oxidation sites excluding steroid dienone is 4. The molecule has 0 N–H and O–H groups in total. The summed E-state index contributed by atoms with van der Waals surface area (Å²) in [5, 5.41) is 0. The summed E-state index contributed by atoms with van der Waals surface area (Å²) in [6.45, 7) is 20.5. The number of esters is 2. The zero-order valence-electron chi connectivity index (χ0n) is 55.3. The van der Waals surface area contributed by atoms with Crippen LogP contribution >= 0.6 is 0 Å². The van der Waals surface area contributed by atoms with Crippen LogP contribution in [0.25, 0.3) is 0 Å². The van der Waals surface area contributed by atoms with Crippen molar-refractivity contribution in [3.63, 3.8) is 0 Å². The van der Waals surface area contributed by atoms with E-state index in [2.05, 4.69) is 38.2 Å². The highest BCUT2D eigenvalue weighted by Crippen LogP contribution is 2.16. The maximum absolute atomic E-state index is 13.0. The number of amides is 2. The third-order valence-corrected chi connectivity index (χ3v) is 13.6. The topological polar surface area (TPSA) is 176 Å². The number of unbranched alkanes of at least 4 members (excludes halogenated alkanes) is 24. The molecule has 17 nitrogen and oxygen atoms in total. The Morgan fingerprint density at radius 3 is 1.26 bits per heavy atom. The van der Waals surface area contributed by atoms with E-state index in [1.807, 2.05) is 0 Å². The van der Waals surface area contributed by atoms with Crippen molar-refractivity contribution in [2.75, 3.05) is 119 Å². The van der Waals surface area contributed by atoms with E-state index in [9.17, 15) is 19.2 Å². The molecule has 0 bridgehead atoms. The summed E-state index contributed by atoms with van der Waals surface area (Å²) >= 11 is 0. The van der Waals surface area contributed by atoms with Gasteiger partial charge in [-0.2, -0.15) is 0 Å². The molecule has 0 heterocycles. The fourth-order valence-electron chi connectivity index (χ4n) is 8.72. The molecule has 2 unspecified atom stereocenters. The molecule has 0 fully saturated rings. The summed E-state index contributed by atoms with van der Waals surface area (Å²) in [5.74, 6) is -1.42. The fraction of sp³-hybridized carbons (Fsp3) is 0.881. The van der Waals surface area contributed by atoms with Gasteiger partial charge < -0.3 is 52.1 Å². The summed E-state index contributed by atoms with van der Waals surface area (Å²) in [6.07, 6.45) is 43.9. The molecule has 0 aromatic carbocycles. The lowest BCUT2D eigenvalue weighted by molar-refractivity contribution is -0.150. The van der Waals surface area contributed by atoms with E-state index in [-0.39, 0.29) is 52.2 Å². The van der Waals surface area contributed by atoms with Crippen LogP contribution in [0, 0.1) is 0 Å². The highest BCUT2D eigenvalue weighted by molar-refractivity contribution is 5.81. The van der Waals surface area contributed by atoms with Gasteiger partial charge in [-0.1, -0.05) is 154 Å². The lowest BCUT2D eigenvalue weighted by Gasteiger charge is -2.30. The van der Waals surface area contributed by atoms with Crippen LogP contribution in [-0.4, -0.2) is 177 Å². The number of ether oxygens (including phenoxy) is 11. The molecule has 0 aliphatic carbocycles. The monoisotopic (exact) mass is 1200 g/mol. The first kappa shape index (κ1) is 80.7. The van der Waals surface area contributed by atoms with Crippen molar-refractivity contribution in [1.29, 1.82) is 0 Å². The van der Waals surface area contributed by atoms with E-state index in [1.54, 1.807) is 41.5 Å². The summed E-state index contributed by atoms with van der Waals surface area (Å²) in [5.41, 5.74) is -1.63. The average Bonchev–Trinajstić information content (AvgIpc) is 3.49. The maximum atomic E-state index is 13.0. The first-order valence-electron chi connectivity index (χ1n) is 33.1. The Morgan fingerprint density at radius 1 is 0.417 bits per heavy atom. The highest BCUT2D eigenvalue weighted by atomic mass is 16.6. The van der Waals surface area contributed by atoms with Crippen molar-refractivity contribution < 1.29 is 71.3 Å². The van der Waals surface area contributed by atoms with E-state index in [1.165, 1.54) is 186 Å². The quantitative estimate of drug-likeness (QED) is 0.0243. The fourth-order valence-corrected chi connectivity index (χ4v) is 8.72. The maximum Gasteiger partial charge on any atom is 0.411 e. The van der Waals surface area contributed by atoms with Gasteiger partial charge in [0, 0.05) is 26.9 Å². The molecule has 0 aliphatic heterocycles. The van der Waals surface area contributed by atoms with Crippen molar-refractivity contribution in [2.24, 2.45) is 0 Å². The van der Waals surface area contributed by atoms with Gasteiger partial charge in [0.2, 0.25) is 0 Å². The molecule has 84 heavy (non-hydrogen) atoms. The largest absolute Gasteiger partial charge is 0.462 e. The van der Waals surface area contributed by atoms with Gasteiger partial charge in [0.1, 0.15) is 43.1 Å². The lowest BCUT2D eigenvalue weighted by atomic mass is 10.1.